The summed E-state index contributed by atoms with van der Waals surface area (Å²) in [5.41, 5.74) is 0.940. The zero-order chi connectivity index (χ0) is 17.4. The molecule has 1 aliphatic rings. The number of Topliss-reactive ketones (excluding diaryl/α,β-unsaturated/α-hetero) is 1. The fraction of sp³-hybridized carbons (Fsp3) is 0.579. The number of carbonyl (C=O) groups is 2. The molecule has 1 aromatic carbocycles. The predicted octanol–water partition coefficient (Wildman–Crippen LogP) is 1.87. The molecule has 5 nitrogen and oxygen atoms in total. The first kappa shape index (κ1) is 18.6. The van der Waals surface area contributed by atoms with E-state index in [1.54, 1.807) is 0 Å². The Hall–Kier alpha value is -1.72. The maximum absolute atomic E-state index is 12.7. The molecule has 0 amide bonds. The van der Waals surface area contributed by atoms with Gasteiger partial charge in [-0.1, -0.05) is 30.3 Å². The Morgan fingerprint density at radius 2 is 1.88 bits per heavy atom. The molecule has 0 radical (unpaired) electrons. The molecule has 0 spiro atoms. The number of rotatable bonds is 8. The van der Waals surface area contributed by atoms with E-state index >= 15 is 0 Å². The van der Waals surface area contributed by atoms with Crippen molar-refractivity contribution >= 4 is 11.8 Å². The summed E-state index contributed by atoms with van der Waals surface area (Å²) in [5, 5.41) is 3.28. The Labute approximate surface area is 144 Å². The van der Waals surface area contributed by atoms with Crippen molar-refractivity contribution in [1.29, 1.82) is 0 Å². The molecule has 24 heavy (non-hydrogen) atoms. The Morgan fingerprint density at radius 1 is 1.21 bits per heavy atom. The first-order valence-corrected chi connectivity index (χ1v) is 8.66. The predicted molar refractivity (Wildman–Crippen MR) is 93.5 cm³/mol. The highest BCUT2D eigenvalue weighted by Crippen LogP contribution is 2.25. The fourth-order valence-corrected chi connectivity index (χ4v) is 3.07. The van der Waals surface area contributed by atoms with Gasteiger partial charge in [0.05, 0.1) is 0 Å². The zero-order valence-electron chi connectivity index (χ0n) is 14.7. The van der Waals surface area contributed by atoms with Gasteiger partial charge in [0.15, 0.2) is 0 Å². The van der Waals surface area contributed by atoms with Crippen LogP contribution in [0.1, 0.15) is 24.8 Å². The third kappa shape index (κ3) is 5.73. The number of ketones is 1. The van der Waals surface area contributed by atoms with Crippen LogP contribution in [0.2, 0.25) is 0 Å². The largest absolute Gasteiger partial charge is 0.460 e. The van der Waals surface area contributed by atoms with Crippen LogP contribution in [0.3, 0.4) is 0 Å². The molecule has 132 valence electrons. The summed E-state index contributed by atoms with van der Waals surface area (Å²) in [6.07, 6.45) is 2.08. The summed E-state index contributed by atoms with van der Waals surface area (Å²) in [6, 6.07) is 9.58. The molecular weight excluding hydrogens is 304 g/mol. The molecule has 1 aromatic rings. The van der Waals surface area contributed by atoms with Crippen molar-refractivity contribution in [3.63, 3.8) is 0 Å². The minimum Gasteiger partial charge on any atom is -0.460 e. The van der Waals surface area contributed by atoms with Crippen molar-refractivity contribution in [1.82, 2.24) is 10.2 Å². The Bertz CT molecular complexity index is 525. The number of benzene rings is 1. The zero-order valence-corrected chi connectivity index (χ0v) is 14.7. The number of ether oxygens (including phenoxy) is 1. The van der Waals surface area contributed by atoms with Crippen molar-refractivity contribution in [2.45, 2.75) is 25.9 Å². The first-order valence-electron chi connectivity index (χ1n) is 8.66. The number of nitrogens with zero attached hydrogens (tertiary/aromatic N) is 1. The Morgan fingerprint density at radius 3 is 2.50 bits per heavy atom. The van der Waals surface area contributed by atoms with E-state index in [2.05, 4.69) is 5.32 Å². The summed E-state index contributed by atoms with van der Waals surface area (Å²) in [7, 11) is 3.86. The second kappa shape index (κ2) is 9.55. The van der Waals surface area contributed by atoms with E-state index in [4.69, 9.17) is 4.74 Å². The van der Waals surface area contributed by atoms with Crippen LogP contribution >= 0.6 is 0 Å². The van der Waals surface area contributed by atoms with E-state index in [-0.39, 0.29) is 24.3 Å². The van der Waals surface area contributed by atoms with Gasteiger partial charge in [-0.2, -0.15) is 0 Å². The molecule has 1 unspecified atom stereocenters. The number of esters is 1. The van der Waals surface area contributed by atoms with E-state index in [1.807, 2.05) is 49.3 Å². The molecule has 2 rings (SSSR count). The fourth-order valence-electron chi connectivity index (χ4n) is 3.07. The SMILES string of the molecule is CN(C)CCC(=O)C(C(=O)OCc1ccccc1)C1CCNCC1. The van der Waals surface area contributed by atoms with Crippen molar-refractivity contribution in [2.24, 2.45) is 11.8 Å². The number of hydrogen-bond donors (Lipinski definition) is 1. The summed E-state index contributed by atoms with van der Waals surface area (Å²) in [5.74, 6) is -0.900. The van der Waals surface area contributed by atoms with Crippen molar-refractivity contribution in [3.05, 3.63) is 35.9 Å². The highest BCUT2D eigenvalue weighted by atomic mass is 16.5. The normalized spacial score (nSPS) is 16.8. The summed E-state index contributed by atoms with van der Waals surface area (Å²) in [4.78, 5) is 27.2. The van der Waals surface area contributed by atoms with Gasteiger partial charge in [0.25, 0.3) is 0 Å². The summed E-state index contributed by atoms with van der Waals surface area (Å²) >= 11 is 0. The molecule has 1 N–H and O–H groups in total. The van der Waals surface area contributed by atoms with Gasteiger partial charge in [0, 0.05) is 13.0 Å². The molecule has 1 heterocycles. The minimum absolute atomic E-state index is 0.00802. The van der Waals surface area contributed by atoms with Crippen LogP contribution in [0.5, 0.6) is 0 Å². The van der Waals surface area contributed by atoms with E-state index < -0.39 is 5.92 Å². The van der Waals surface area contributed by atoms with E-state index in [0.29, 0.717) is 13.0 Å². The molecule has 0 aliphatic carbocycles. The standard InChI is InChI=1S/C19H28N2O3/c1-21(2)13-10-17(22)18(16-8-11-20-12-9-16)19(23)24-14-15-6-4-3-5-7-15/h3-7,16,18,20H,8-14H2,1-2H3. The molecule has 0 aromatic heterocycles. The quantitative estimate of drug-likeness (QED) is 0.582. The van der Waals surface area contributed by atoms with Crippen molar-refractivity contribution < 1.29 is 14.3 Å². The van der Waals surface area contributed by atoms with Crippen LogP contribution in [-0.4, -0.2) is 50.4 Å². The number of piperidine rings is 1. The molecule has 0 bridgehead atoms. The van der Waals surface area contributed by atoms with Crippen LogP contribution in [0.25, 0.3) is 0 Å². The van der Waals surface area contributed by atoms with Crippen LogP contribution in [0.15, 0.2) is 30.3 Å². The monoisotopic (exact) mass is 332 g/mol. The van der Waals surface area contributed by atoms with E-state index in [1.165, 1.54) is 0 Å². The average Bonchev–Trinajstić information content (AvgIpc) is 2.60. The highest BCUT2D eigenvalue weighted by Gasteiger charge is 2.36. The lowest BCUT2D eigenvalue weighted by atomic mass is 9.81. The summed E-state index contributed by atoms with van der Waals surface area (Å²) < 4.78 is 5.48. The van der Waals surface area contributed by atoms with Crippen LogP contribution < -0.4 is 5.32 Å². The molecule has 0 saturated carbocycles. The smallest absolute Gasteiger partial charge is 0.317 e. The highest BCUT2D eigenvalue weighted by molar-refractivity contribution is 5.99. The second-order valence-corrected chi connectivity index (χ2v) is 6.68. The summed E-state index contributed by atoms with van der Waals surface area (Å²) in [6.45, 7) is 2.59. The lowest BCUT2D eigenvalue weighted by Gasteiger charge is -2.28. The maximum atomic E-state index is 12.7. The Balaban J connectivity index is 2.00. The van der Waals surface area contributed by atoms with Gasteiger partial charge in [-0.15, -0.1) is 0 Å². The van der Waals surface area contributed by atoms with Gasteiger partial charge in [0.2, 0.25) is 0 Å². The van der Waals surface area contributed by atoms with Gasteiger partial charge < -0.3 is 15.0 Å². The average molecular weight is 332 g/mol. The molecular formula is C19H28N2O3. The molecule has 5 heteroatoms. The maximum Gasteiger partial charge on any atom is 0.317 e. The molecule has 1 aliphatic heterocycles. The van der Waals surface area contributed by atoms with Gasteiger partial charge in [0.1, 0.15) is 18.3 Å². The Kier molecular flexibility index (Phi) is 7.40. The lowest BCUT2D eigenvalue weighted by molar-refractivity contribution is -0.156. The van der Waals surface area contributed by atoms with Gasteiger partial charge in [-0.05, 0) is 51.5 Å². The molecule has 1 fully saturated rings. The van der Waals surface area contributed by atoms with E-state index in [9.17, 15) is 9.59 Å². The number of carbonyl (C=O) groups excluding carboxylic acids is 2. The topological polar surface area (TPSA) is 58.6 Å². The third-order valence-electron chi connectivity index (χ3n) is 4.49. The molecule has 1 saturated heterocycles. The van der Waals surface area contributed by atoms with Crippen LogP contribution in [0, 0.1) is 11.8 Å². The third-order valence-corrected chi connectivity index (χ3v) is 4.49. The van der Waals surface area contributed by atoms with Crippen molar-refractivity contribution in [3.8, 4) is 0 Å². The number of nitrogens with one attached hydrogen (secondary N) is 1. The molecule has 1 atom stereocenters. The second-order valence-electron chi connectivity index (χ2n) is 6.68. The van der Waals surface area contributed by atoms with Gasteiger partial charge in [-0.25, -0.2) is 0 Å². The van der Waals surface area contributed by atoms with E-state index in [0.717, 1.165) is 31.5 Å². The number of hydrogen-bond acceptors (Lipinski definition) is 5. The van der Waals surface area contributed by atoms with Crippen LogP contribution in [-0.2, 0) is 20.9 Å². The lowest BCUT2D eigenvalue weighted by Crippen LogP contribution is -2.40. The van der Waals surface area contributed by atoms with Gasteiger partial charge >= 0.3 is 5.97 Å². The van der Waals surface area contributed by atoms with Crippen LogP contribution in [0.4, 0.5) is 0 Å². The first-order chi connectivity index (χ1) is 11.6. The van der Waals surface area contributed by atoms with Crippen molar-refractivity contribution in [2.75, 3.05) is 33.7 Å². The minimum atomic E-state index is -0.629. The van der Waals surface area contributed by atoms with Gasteiger partial charge in [-0.3, -0.25) is 9.59 Å².